The number of thioether (sulfide) groups is 1. The first-order valence-corrected chi connectivity index (χ1v) is 10.5. The predicted octanol–water partition coefficient (Wildman–Crippen LogP) is 3.87. The Morgan fingerprint density at radius 2 is 2.21 bits per heavy atom. The molecule has 0 saturated heterocycles. The van der Waals surface area contributed by atoms with Crippen molar-refractivity contribution in [3.63, 3.8) is 0 Å². The van der Waals surface area contributed by atoms with Crippen molar-refractivity contribution in [1.29, 1.82) is 0 Å². The molecule has 3 aromatic heterocycles. The molecule has 0 spiro atoms. The second kappa shape index (κ2) is 8.45. The zero-order chi connectivity index (χ0) is 19.3. The lowest BCUT2D eigenvalue weighted by Crippen LogP contribution is -2.24. The predicted molar refractivity (Wildman–Crippen MR) is 112 cm³/mol. The van der Waals surface area contributed by atoms with E-state index in [0.29, 0.717) is 6.54 Å². The topological polar surface area (TPSA) is 68.5 Å². The van der Waals surface area contributed by atoms with Crippen LogP contribution in [0.3, 0.4) is 0 Å². The lowest BCUT2D eigenvalue weighted by atomic mass is 10.2. The van der Waals surface area contributed by atoms with Gasteiger partial charge >= 0.3 is 0 Å². The smallest absolute Gasteiger partial charge is 0.230 e. The summed E-state index contributed by atoms with van der Waals surface area (Å²) >= 11 is 3.05. The molecule has 4 rings (SSSR count). The molecule has 4 aromatic rings. The number of benzene rings is 1. The minimum absolute atomic E-state index is 0.0466. The number of nitrogens with one attached hydrogen (secondary N) is 1. The highest BCUT2D eigenvalue weighted by Crippen LogP contribution is 2.28. The van der Waals surface area contributed by atoms with Gasteiger partial charge in [0.1, 0.15) is 16.5 Å². The third-order valence-electron chi connectivity index (χ3n) is 4.09. The normalized spacial score (nSPS) is 10.9. The third kappa shape index (κ3) is 4.18. The van der Waals surface area contributed by atoms with Gasteiger partial charge in [-0.15, -0.1) is 11.3 Å². The van der Waals surface area contributed by atoms with Crippen LogP contribution in [0.5, 0.6) is 5.75 Å². The fourth-order valence-electron chi connectivity index (χ4n) is 2.72. The van der Waals surface area contributed by atoms with E-state index in [1.807, 2.05) is 54.0 Å². The summed E-state index contributed by atoms with van der Waals surface area (Å²) in [6.07, 6.45) is 3.52. The number of carbonyl (C=O) groups is 1. The van der Waals surface area contributed by atoms with Crippen molar-refractivity contribution in [2.45, 2.75) is 11.6 Å². The molecule has 1 aromatic carbocycles. The molecule has 3 heterocycles. The van der Waals surface area contributed by atoms with Crippen LogP contribution in [0.1, 0.15) is 5.56 Å². The van der Waals surface area contributed by atoms with Crippen molar-refractivity contribution in [1.82, 2.24) is 19.9 Å². The summed E-state index contributed by atoms with van der Waals surface area (Å²) in [4.78, 5) is 17.8. The highest BCUT2D eigenvalue weighted by molar-refractivity contribution is 8.00. The van der Waals surface area contributed by atoms with Gasteiger partial charge < -0.3 is 10.1 Å². The number of thiophene rings is 1. The Morgan fingerprint density at radius 3 is 3.04 bits per heavy atom. The number of ether oxygens (including phenoxy) is 1. The molecule has 0 bridgehead atoms. The second-order valence-electron chi connectivity index (χ2n) is 5.99. The van der Waals surface area contributed by atoms with Crippen LogP contribution in [-0.2, 0) is 11.3 Å². The Bertz CT molecular complexity index is 1090. The first kappa shape index (κ1) is 18.5. The fourth-order valence-corrected chi connectivity index (χ4v) is 4.21. The van der Waals surface area contributed by atoms with E-state index in [4.69, 9.17) is 4.74 Å². The quantitative estimate of drug-likeness (QED) is 0.469. The minimum Gasteiger partial charge on any atom is -0.497 e. The highest BCUT2D eigenvalue weighted by atomic mass is 32.2. The summed E-state index contributed by atoms with van der Waals surface area (Å²) in [5.74, 6) is 1.02. The molecule has 0 aliphatic carbocycles. The second-order valence-corrected chi connectivity index (χ2v) is 7.90. The van der Waals surface area contributed by atoms with E-state index < -0.39 is 0 Å². The molecule has 8 heteroatoms. The molecule has 28 heavy (non-hydrogen) atoms. The van der Waals surface area contributed by atoms with Gasteiger partial charge in [0, 0.05) is 18.9 Å². The standard InChI is InChI=1S/C20H18N4O2S2/c1-26-15-5-2-4-14(10-15)12-22-19(25)13-28-20-17-11-16(18-6-3-9-27-18)23-24(17)8-7-21-20/h2-11H,12-13H2,1H3,(H,22,25). The summed E-state index contributed by atoms with van der Waals surface area (Å²) in [5, 5.41) is 10.3. The van der Waals surface area contributed by atoms with Gasteiger partial charge in [0.25, 0.3) is 0 Å². The van der Waals surface area contributed by atoms with Crippen molar-refractivity contribution < 1.29 is 9.53 Å². The van der Waals surface area contributed by atoms with Gasteiger partial charge in [-0.25, -0.2) is 9.50 Å². The van der Waals surface area contributed by atoms with Crippen molar-refractivity contribution >= 4 is 34.5 Å². The molecule has 0 atom stereocenters. The Morgan fingerprint density at radius 1 is 1.29 bits per heavy atom. The maximum atomic E-state index is 12.3. The number of hydrogen-bond donors (Lipinski definition) is 1. The number of aromatic nitrogens is 3. The number of methoxy groups -OCH3 is 1. The molecule has 6 nitrogen and oxygen atoms in total. The van der Waals surface area contributed by atoms with E-state index in [0.717, 1.165) is 32.4 Å². The van der Waals surface area contributed by atoms with Gasteiger partial charge in [-0.05, 0) is 35.2 Å². The van der Waals surface area contributed by atoms with Crippen LogP contribution < -0.4 is 10.1 Å². The van der Waals surface area contributed by atoms with Crippen LogP contribution in [0.15, 0.2) is 65.3 Å². The number of fused-ring (bicyclic) bond motifs is 1. The first-order chi connectivity index (χ1) is 13.7. The Balaban J connectivity index is 1.40. The zero-order valence-corrected chi connectivity index (χ0v) is 16.8. The molecule has 0 radical (unpaired) electrons. The van der Waals surface area contributed by atoms with E-state index in [9.17, 15) is 4.79 Å². The van der Waals surface area contributed by atoms with Crippen LogP contribution >= 0.6 is 23.1 Å². The van der Waals surface area contributed by atoms with Gasteiger partial charge in [-0.2, -0.15) is 5.10 Å². The summed E-state index contributed by atoms with van der Waals surface area (Å²) < 4.78 is 7.01. The van der Waals surface area contributed by atoms with Gasteiger partial charge in [-0.3, -0.25) is 4.79 Å². The van der Waals surface area contributed by atoms with Crippen molar-refractivity contribution in [2.24, 2.45) is 0 Å². The molecule has 0 saturated carbocycles. The van der Waals surface area contributed by atoms with Crippen molar-refractivity contribution in [3.8, 4) is 16.3 Å². The maximum Gasteiger partial charge on any atom is 0.230 e. The first-order valence-electron chi connectivity index (χ1n) is 8.63. The largest absolute Gasteiger partial charge is 0.497 e. The van der Waals surface area contributed by atoms with Gasteiger partial charge in [0.2, 0.25) is 5.91 Å². The fraction of sp³-hybridized carbons (Fsp3) is 0.150. The SMILES string of the molecule is COc1cccc(CNC(=O)CSc2nccn3nc(-c4cccs4)cc23)c1. The molecule has 1 N–H and O–H groups in total. The van der Waals surface area contributed by atoms with Gasteiger partial charge in [-0.1, -0.05) is 30.0 Å². The molecule has 0 aliphatic rings. The zero-order valence-electron chi connectivity index (χ0n) is 15.2. The highest BCUT2D eigenvalue weighted by Gasteiger charge is 2.12. The lowest BCUT2D eigenvalue weighted by Gasteiger charge is -2.07. The van der Waals surface area contributed by atoms with Crippen LogP contribution in [0.4, 0.5) is 0 Å². The summed E-state index contributed by atoms with van der Waals surface area (Å²) in [7, 11) is 1.63. The molecular weight excluding hydrogens is 392 g/mol. The average Bonchev–Trinajstić information content (AvgIpc) is 3.40. The molecule has 1 amide bonds. The monoisotopic (exact) mass is 410 g/mol. The van der Waals surface area contributed by atoms with E-state index in [2.05, 4.69) is 15.4 Å². The van der Waals surface area contributed by atoms with Crippen LogP contribution in [-0.4, -0.2) is 33.4 Å². The van der Waals surface area contributed by atoms with E-state index >= 15 is 0 Å². The maximum absolute atomic E-state index is 12.3. The summed E-state index contributed by atoms with van der Waals surface area (Å²) in [6.45, 7) is 0.462. The molecule has 0 aliphatic heterocycles. The Kier molecular flexibility index (Phi) is 5.59. The van der Waals surface area contributed by atoms with E-state index in [-0.39, 0.29) is 11.7 Å². The summed E-state index contributed by atoms with van der Waals surface area (Å²) in [6, 6.07) is 13.7. The van der Waals surface area contributed by atoms with Crippen molar-refractivity contribution in [2.75, 3.05) is 12.9 Å². The number of rotatable bonds is 7. The Hall–Kier alpha value is -2.84. The van der Waals surface area contributed by atoms with Gasteiger partial charge in [0.15, 0.2) is 0 Å². The lowest BCUT2D eigenvalue weighted by molar-refractivity contribution is -0.118. The van der Waals surface area contributed by atoms with Crippen LogP contribution in [0.25, 0.3) is 16.1 Å². The molecule has 0 unspecified atom stereocenters. The average molecular weight is 411 g/mol. The van der Waals surface area contributed by atoms with Crippen molar-refractivity contribution in [3.05, 3.63) is 65.8 Å². The number of nitrogens with zero attached hydrogens (tertiary/aromatic N) is 3. The van der Waals surface area contributed by atoms with E-state index in [1.54, 1.807) is 29.2 Å². The minimum atomic E-state index is -0.0466. The molecule has 142 valence electrons. The van der Waals surface area contributed by atoms with E-state index in [1.165, 1.54) is 11.8 Å². The third-order valence-corrected chi connectivity index (χ3v) is 5.98. The number of amides is 1. The number of carbonyl (C=O) groups excluding carboxylic acids is 1. The number of hydrogen-bond acceptors (Lipinski definition) is 6. The molecular formula is C20H18N4O2S2. The molecule has 0 fully saturated rings. The van der Waals surface area contributed by atoms with Crippen LogP contribution in [0, 0.1) is 0 Å². The van der Waals surface area contributed by atoms with Gasteiger partial charge in [0.05, 0.1) is 23.3 Å². The summed E-state index contributed by atoms with van der Waals surface area (Å²) in [5.41, 5.74) is 2.80. The van der Waals surface area contributed by atoms with Crippen LogP contribution in [0.2, 0.25) is 0 Å². The Labute approximate surface area is 170 Å².